The van der Waals surface area contributed by atoms with Crippen LogP contribution in [0.1, 0.15) is 42.6 Å². The van der Waals surface area contributed by atoms with Crippen LogP contribution in [0.5, 0.6) is 5.75 Å². The van der Waals surface area contributed by atoms with Crippen LogP contribution in [0.25, 0.3) is 17.0 Å². The normalized spacial score (nSPS) is 19.7. The molecule has 34 heavy (non-hydrogen) atoms. The Morgan fingerprint density at radius 1 is 1.15 bits per heavy atom. The zero-order valence-electron chi connectivity index (χ0n) is 18.6. The van der Waals surface area contributed by atoms with Gasteiger partial charge in [-0.3, -0.25) is 4.98 Å². The number of nitrogen functional groups attached to an aromatic ring is 1. The van der Waals surface area contributed by atoms with Crippen molar-refractivity contribution in [2.24, 2.45) is 11.0 Å². The van der Waals surface area contributed by atoms with Crippen molar-refractivity contribution in [2.45, 2.75) is 32.3 Å². The molecule has 2 bridgehead atoms. The lowest BCUT2D eigenvalue weighted by Gasteiger charge is -2.23. The Labute approximate surface area is 195 Å². The van der Waals surface area contributed by atoms with E-state index in [1.807, 2.05) is 0 Å². The molecule has 1 unspecified atom stereocenters. The van der Waals surface area contributed by atoms with Crippen LogP contribution < -0.4 is 15.8 Å². The number of fused-ring (bicyclic) bond motifs is 5. The van der Waals surface area contributed by atoms with E-state index in [2.05, 4.69) is 20.4 Å². The number of benzene rings is 1. The molecule has 0 amide bonds. The van der Waals surface area contributed by atoms with E-state index in [0.29, 0.717) is 51.0 Å². The van der Waals surface area contributed by atoms with E-state index >= 15 is 0 Å². The summed E-state index contributed by atoms with van der Waals surface area (Å²) >= 11 is 0. The maximum Gasteiger partial charge on any atom is 0.166 e. The highest BCUT2D eigenvalue weighted by Crippen LogP contribution is 2.37. The molecule has 5 rings (SSSR count). The van der Waals surface area contributed by atoms with Crippen molar-refractivity contribution in [3.05, 3.63) is 76.7 Å². The Morgan fingerprint density at radius 3 is 2.74 bits per heavy atom. The first-order valence-electron chi connectivity index (χ1n) is 11.1. The van der Waals surface area contributed by atoms with Crippen molar-refractivity contribution in [3.63, 3.8) is 0 Å². The highest BCUT2D eigenvalue weighted by atomic mass is 19.1. The molecule has 7 nitrogen and oxygen atoms in total. The Kier molecular flexibility index (Phi) is 5.69. The molecule has 1 fully saturated rings. The molecule has 1 aliphatic carbocycles. The van der Waals surface area contributed by atoms with Crippen molar-refractivity contribution in [3.8, 4) is 17.0 Å². The highest BCUT2D eigenvalue weighted by molar-refractivity contribution is 5.73. The molecule has 3 aromatic rings. The molecule has 2 aromatic heterocycles. The average molecular weight is 463 g/mol. The van der Waals surface area contributed by atoms with Gasteiger partial charge in [-0.2, -0.15) is 5.11 Å². The molecule has 0 spiro atoms. The second-order valence-corrected chi connectivity index (χ2v) is 8.69. The third-order valence-corrected chi connectivity index (χ3v) is 6.16. The molecular weight excluding hydrogens is 438 g/mol. The lowest BCUT2D eigenvalue weighted by atomic mass is 9.94. The Morgan fingerprint density at radius 2 is 1.97 bits per heavy atom. The molecule has 2 aliphatic rings. The van der Waals surface area contributed by atoms with Gasteiger partial charge in [-0.15, -0.1) is 0 Å². The molecule has 1 aromatic carbocycles. The first-order chi connectivity index (χ1) is 16.4. The van der Waals surface area contributed by atoms with Gasteiger partial charge in [0.25, 0.3) is 0 Å². The van der Waals surface area contributed by atoms with Crippen LogP contribution in [0.4, 0.5) is 14.6 Å². The highest BCUT2D eigenvalue weighted by Gasteiger charge is 2.25. The number of hydrogen-bond acceptors (Lipinski definition) is 7. The number of pyridine rings is 2. The number of nitrogens with one attached hydrogen (secondary N) is 2. The van der Waals surface area contributed by atoms with Gasteiger partial charge in [0.15, 0.2) is 11.6 Å². The number of anilines is 1. The van der Waals surface area contributed by atoms with Crippen LogP contribution in [0, 0.1) is 23.1 Å². The molecule has 1 aliphatic heterocycles. The van der Waals surface area contributed by atoms with Crippen LogP contribution in [-0.4, -0.2) is 16.5 Å². The molecule has 9 heteroatoms. The maximum absolute atomic E-state index is 14.3. The number of allylic oxidation sites excluding steroid dienone is 1. The van der Waals surface area contributed by atoms with E-state index in [-0.39, 0.29) is 12.2 Å². The number of rotatable bonds is 4. The van der Waals surface area contributed by atoms with Gasteiger partial charge >= 0.3 is 0 Å². The topological polar surface area (TPSA) is 109 Å². The van der Waals surface area contributed by atoms with E-state index in [1.54, 1.807) is 25.3 Å². The van der Waals surface area contributed by atoms with Gasteiger partial charge < -0.3 is 15.8 Å². The van der Waals surface area contributed by atoms with Crippen molar-refractivity contribution in [1.29, 1.82) is 5.53 Å². The van der Waals surface area contributed by atoms with Crippen molar-refractivity contribution < 1.29 is 13.5 Å². The maximum atomic E-state index is 14.3. The summed E-state index contributed by atoms with van der Waals surface area (Å²) in [5.41, 5.74) is 17.8. The third kappa shape index (κ3) is 4.33. The fourth-order valence-electron chi connectivity index (χ4n) is 4.19. The zero-order chi connectivity index (χ0) is 23.8. The third-order valence-electron chi connectivity index (χ3n) is 6.16. The lowest BCUT2D eigenvalue weighted by molar-refractivity contribution is 0.227. The van der Waals surface area contributed by atoms with Crippen molar-refractivity contribution >= 4 is 11.5 Å². The van der Waals surface area contributed by atoms with Gasteiger partial charge in [-0.1, -0.05) is 0 Å². The summed E-state index contributed by atoms with van der Waals surface area (Å²) in [6.07, 6.45) is 4.55. The van der Waals surface area contributed by atoms with Crippen LogP contribution in [0.15, 0.2) is 53.5 Å². The number of halogens is 2. The quantitative estimate of drug-likeness (QED) is 0.450. The summed E-state index contributed by atoms with van der Waals surface area (Å²) in [6, 6.07) is 7.43. The molecule has 0 saturated heterocycles. The molecular formula is C25H24F2N6O. The van der Waals surface area contributed by atoms with E-state index in [0.717, 1.165) is 25.6 Å². The fraction of sp³-hybridized carbons (Fsp3) is 0.280. The lowest BCUT2D eigenvalue weighted by Crippen LogP contribution is -2.19. The minimum atomic E-state index is -0.601. The second kappa shape index (κ2) is 8.81. The summed E-state index contributed by atoms with van der Waals surface area (Å²) in [4.78, 5) is 8.63. The molecule has 0 radical (unpaired) electrons. The number of hydrogen-bond donors (Lipinski definition) is 3. The zero-order valence-corrected chi connectivity index (χ0v) is 18.6. The predicted octanol–water partition coefficient (Wildman–Crippen LogP) is 5.40. The van der Waals surface area contributed by atoms with E-state index < -0.39 is 17.7 Å². The van der Waals surface area contributed by atoms with E-state index in [9.17, 15) is 8.78 Å². The van der Waals surface area contributed by atoms with Gasteiger partial charge in [0.05, 0.1) is 23.3 Å². The molecule has 3 heterocycles. The van der Waals surface area contributed by atoms with Crippen molar-refractivity contribution in [2.75, 3.05) is 12.3 Å². The van der Waals surface area contributed by atoms with Gasteiger partial charge in [0, 0.05) is 35.9 Å². The van der Waals surface area contributed by atoms with E-state index in [4.69, 9.17) is 16.0 Å². The second-order valence-electron chi connectivity index (χ2n) is 8.69. The minimum Gasteiger partial charge on any atom is -0.482 e. The number of ether oxygens (including phenoxy) is 1. The summed E-state index contributed by atoms with van der Waals surface area (Å²) < 4.78 is 34.7. The van der Waals surface area contributed by atoms with Crippen LogP contribution in [-0.2, 0) is 6.42 Å². The van der Waals surface area contributed by atoms with Gasteiger partial charge in [0.1, 0.15) is 17.7 Å². The summed E-state index contributed by atoms with van der Waals surface area (Å²) in [6.45, 7) is 2.51. The smallest absolute Gasteiger partial charge is 0.166 e. The molecule has 1 saturated carbocycles. The predicted molar refractivity (Wildman–Crippen MR) is 124 cm³/mol. The van der Waals surface area contributed by atoms with Crippen molar-refractivity contribution in [1.82, 2.24) is 15.3 Å². The number of nitrogens with two attached hydrogens (primary N) is 1. The Balaban J connectivity index is 1.75. The average Bonchev–Trinajstić information content (AvgIpc) is 3.64. The SMILES string of the molecule is CC1Oc2cc(cnc2N)/C(NCC2CC2)=C(/N=N)Cc2cc(F)cnc2-c2ccc(F)cc21. The standard InChI is InChI=1S/C25H24F2N6O/c1-13-20-9-17(26)4-5-19(20)23-15(6-18(27)12-31-23)7-21(33-29)24(30-10-14-2-3-14)16-8-22(34-13)25(28)32-11-16/h4-6,8-9,11-14,29-30H,2-3,7,10H2,1H3,(H2,28,32)/b24-21-,33-29?. The number of nitrogens with zero attached hydrogens (tertiary/aromatic N) is 3. The Hall–Kier alpha value is -3.88. The minimum absolute atomic E-state index is 0.141. The first-order valence-corrected chi connectivity index (χ1v) is 11.1. The summed E-state index contributed by atoms with van der Waals surface area (Å²) in [7, 11) is 0. The van der Waals surface area contributed by atoms with Gasteiger partial charge in [-0.05, 0) is 61.6 Å². The monoisotopic (exact) mass is 462 g/mol. The van der Waals surface area contributed by atoms with Crippen LogP contribution in [0.3, 0.4) is 0 Å². The number of aromatic nitrogens is 2. The fourth-order valence-corrected chi connectivity index (χ4v) is 4.19. The van der Waals surface area contributed by atoms with Crippen LogP contribution in [0.2, 0.25) is 0 Å². The van der Waals surface area contributed by atoms with Crippen LogP contribution >= 0.6 is 0 Å². The molecule has 1 atom stereocenters. The summed E-state index contributed by atoms with van der Waals surface area (Å²) in [5, 5.41) is 7.22. The summed E-state index contributed by atoms with van der Waals surface area (Å²) in [5.74, 6) is 0.150. The molecule has 174 valence electrons. The molecule has 4 N–H and O–H groups in total. The Bertz CT molecular complexity index is 1300. The largest absolute Gasteiger partial charge is 0.482 e. The van der Waals surface area contributed by atoms with E-state index in [1.165, 1.54) is 18.2 Å². The van der Waals surface area contributed by atoms with Gasteiger partial charge in [0.2, 0.25) is 0 Å². The van der Waals surface area contributed by atoms with Gasteiger partial charge in [-0.25, -0.2) is 19.3 Å². The first kappa shape index (κ1) is 21.9.